The van der Waals surface area contributed by atoms with E-state index in [4.69, 9.17) is 4.74 Å². The number of hydrogen-bond donors (Lipinski definition) is 0. The fourth-order valence-corrected chi connectivity index (χ4v) is 1.45. The van der Waals surface area contributed by atoms with Gasteiger partial charge in [0, 0.05) is 6.42 Å². The summed E-state index contributed by atoms with van der Waals surface area (Å²) in [5, 5.41) is 6.97. The summed E-state index contributed by atoms with van der Waals surface area (Å²) in [7, 11) is 0. The van der Waals surface area contributed by atoms with E-state index in [1.165, 1.54) is 0 Å². The maximum absolute atomic E-state index is 10.7. The molecule has 0 atom stereocenters. The molecular formula is C12H13N3O2. The van der Waals surface area contributed by atoms with Gasteiger partial charge in [0.1, 0.15) is 5.75 Å². The highest BCUT2D eigenvalue weighted by atomic mass is 16.5. The summed E-state index contributed by atoms with van der Waals surface area (Å²) in [5.41, 5.74) is 0. The van der Waals surface area contributed by atoms with Crippen LogP contribution in [0.25, 0.3) is 0 Å². The molecule has 0 aromatic heterocycles. The first kappa shape index (κ1) is 11.4. The van der Waals surface area contributed by atoms with E-state index in [9.17, 15) is 4.79 Å². The molecule has 1 heterocycles. The normalized spacial score (nSPS) is 13.9. The van der Waals surface area contributed by atoms with Gasteiger partial charge in [0.15, 0.2) is 5.84 Å². The van der Waals surface area contributed by atoms with E-state index in [0.29, 0.717) is 18.9 Å². The van der Waals surface area contributed by atoms with Crippen LogP contribution in [0.1, 0.15) is 19.3 Å². The first-order valence-electron chi connectivity index (χ1n) is 5.56. The Bertz CT molecular complexity index is 440. The van der Waals surface area contributed by atoms with Crippen LogP contribution in [0.3, 0.4) is 0 Å². The van der Waals surface area contributed by atoms with Crippen LogP contribution in [-0.4, -0.2) is 18.5 Å². The van der Waals surface area contributed by atoms with Crippen molar-refractivity contribution < 1.29 is 9.53 Å². The van der Waals surface area contributed by atoms with Gasteiger partial charge in [-0.25, -0.2) is 4.79 Å². The van der Waals surface area contributed by atoms with E-state index in [2.05, 4.69) is 15.2 Å². The van der Waals surface area contributed by atoms with Crippen molar-refractivity contribution in [1.29, 1.82) is 0 Å². The molecule has 1 aliphatic heterocycles. The molecule has 5 heteroatoms. The van der Waals surface area contributed by atoms with Crippen LogP contribution in [0.2, 0.25) is 0 Å². The van der Waals surface area contributed by atoms with E-state index in [1.54, 1.807) is 0 Å². The highest BCUT2D eigenvalue weighted by Gasteiger charge is 2.08. The lowest BCUT2D eigenvalue weighted by atomic mass is 10.2. The Labute approximate surface area is 99.2 Å². The molecule has 0 fully saturated rings. The van der Waals surface area contributed by atoms with Gasteiger partial charge < -0.3 is 4.74 Å². The molecule has 2 amide bonds. The van der Waals surface area contributed by atoms with Crippen LogP contribution in [0.4, 0.5) is 4.79 Å². The van der Waals surface area contributed by atoms with Crippen molar-refractivity contribution in [1.82, 2.24) is 0 Å². The number of aliphatic imine (C=N–C) groups is 1. The smallest absolute Gasteiger partial charge is 0.387 e. The van der Waals surface area contributed by atoms with Gasteiger partial charge in [-0.3, -0.25) is 0 Å². The number of azo groups is 1. The summed E-state index contributed by atoms with van der Waals surface area (Å²) in [4.78, 5) is 14.3. The number of amides is 2. The Morgan fingerprint density at radius 2 is 1.88 bits per heavy atom. The van der Waals surface area contributed by atoms with E-state index in [1.807, 2.05) is 30.3 Å². The number of ether oxygens (including phenoxy) is 1. The highest BCUT2D eigenvalue weighted by molar-refractivity contribution is 5.98. The summed E-state index contributed by atoms with van der Waals surface area (Å²) in [6.45, 7) is 0.655. The predicted molar refractivity (Wildman–Crippen MR) is 63.5 cm³/mol. The molecule has 0 radical (unpaired) electrons. The van der Waals surface area contributed by atoms with Gasteiger partial charge in [-0.2, -0.15) is 4.99 Å². The van der Waals surface area contributed by atoms with Gasteiger partial charge in [-0.05, 0) is 25.0 Å². The van der Waals surface area contributed by atoms with Gasteiger partial charge in [0.05, 0.1) is 6.61 Å². The highest BCUT2D eigenvalue weighted by Crippen LogP contribution is 2.10. The number of para-hydroxylation sites is 1. The largest absolute Gasteiger partial charge is 0.494 e. The Hall–Kier alpha value is -2.04. The van der Waals surface area contributed by atoms with Crippen LogP contribution >= 0.6 is 0 Å². The number of carbonyl (C=O) groups excluding carboxylic acids is 1. The standard InChI is InChI=1S/C12H13N3O2/c16-12-13-11(14-15-12)8-4-5-9-17-10-6-2-1-3-7-10/h1-3,6-7H,4-5,8-9H2. The predicted octanol–water partition coefficient (Wildman–Crippen LogP) is 3.22. The molecule has 17 heavy (non-hydrogen) atoms. The van der Waals surface area contributed by atoms with Crippen molar-refractivity contribution in [2.75, 3.05) is 6.61 Å². The topological polar surface area (TPSA) is 63.4 Å². The van der Waals surface area contributed by atoms with Crippen LogP contribution in [0.5, 0.6) is 5.75 Å². The number of benzene rings is 1. The summed E-state index contributed by atoms with van der Waals surface area (Å²) < 4.78 is 5.53. The second-order valence-electron chi connectivity index (χ2n) is 3.63. The fraction of sp³-hybridized carbons (Fsp3) is 0.333. The molecule has 0 spiro atoms. The number of unbranched alkanes of at least 4 members (excludes halogenated alkanes) is 1. The van der Waals surface area contributed by atoms with E-state index in [0.717, 1.165) is 18.6 Å². The average Bonchev–Trinajstić information content (AvgIpc) is 2.76. The zero-order valence-electron chi connectivity index (χ0n) is 9.37. The molecule has 0 unspecified atom stereocenters. The molecule has 1 aliphatic rings. The third-order valence-corrected chi connectivity index (χ3v) is 2.28. The van der Waals surface area contributed by atoms with Crippen molar-refractivity contribution >= 4 is 11.9 Å². The maximum Gasteiger partial charge on any atom is 0.387 e. The Kier molecular flexibility index (Phi) is 3.96. The minimum absolute atomic E-state index is 0.500. The monoisotopic (exact) mass is 231 g/mol. The fourth-order valence-electron chi connectivity index (χ4n) is 1.45. The first-order valence-corrected chi connectivity index (χ1v) is 5.56. The molecule has 1 aromatic rings. The molecule has 1 aromatic carbocycles. The number of carbonyl (C=O) groups is 1. The van der Waals surface area contributed by atoms with E-state index < -0.39 is 6.03 Å². The number of nitrogens with zero attached hydrogens (tertiary/aromatic N) is 3. The summed E-state index contributed by atoms with van der Waals surface area (Å²) >= 11 is 0. The molecule has 0 bridgehead atoms. The lowest BCUT2D eigenvalue weighted by Crippen LogP contribution is -1.99. The van der Waals surface area contributed by atoms with Gasteiger partial charge in [-0.1, -0.05) is 23.3 Å². The van der Waals surface area contributed by atoms with Gasteiger partial charge in [0.2, 0.25) is 0 Å². The van der Waals surface area contributed by atoms with Crippen LogP contribution in [0, 0.1) is 0 Å². The Morgan fingerprint density at radius 3 is 2.59 bits per heavy atom. The van der Waals surface area contributed by atoms with Crippen molar-refractivity contribution in [3.8, 4) is 5.75 Å². The van der Waals surface area contributed by atoms with Crippen molar-refractivity contribution in [3.05, 3.63) is 30.3 Å². The number of amidine groups is 1. The summed E-state index contributed by atoms with van der Waals surface area (Å²) in [5.74, 6) is 1.40. The zero-order valence-corrected chi connectivity index (χ0v) is 9.37. The van der Waals surface area contributed by atoms with E-state index >= 15 is 0 Å². The first-order chi connectivity index (χ1) is 8.34. The second-order valence-corrected chi connectivity index (χ2v) is 3.63. The van der Waals surface area contributed by atoms with Crippen molar-refractivity contribution in [2.24, 2.45) is 15.2 Å². The lowest BCUT2D eigenvalue weighted by Gasteiger charge is -2.04. The van der Waals surface area contributed by atoms with Gasteiger partial charge >= 0.3 is 6.03 Å². The van der Waals surface area contributed by atoms with Crippen molar-refractivity contribution in [3.63, 3.8) is 0 Å². The molecule has 0 aliphatic carbocycles. The quantitative estimate of drug-likeness (QED) is 0.705. The van der Waals surface area contributed by atoms with Gasteiger partial charge in [0.25, 0.3) is 0 Å². The molecule has 2 rings (SSSR count). The summed E-state index contributed by atoms with van der Waals surface area (Å²) in [6.07, 6.45) is 2.46. The summed E-state index contributed by atoms with van der Waals surface area (Å²) in [6, 6.07) is 9.18. The average molecular weight is 231 g/mol. The molecular weight excluding hydrogens is 218 g/mol. The van der Waals surface area contributed by atoms with Crippen molar-refractivity contribution in [2.45, 2.75) is 19.3 Å². The molecule has 0 N–H and O–H groups in total. The molecule has 0 saturated carbocycles. The Morgan fingerprint density at radius 1 is 1.06 bits per heavy atom. The molecule has 88 valence electrons. The third kappa shape index (κ3) is 3.79. The minimum Gasteiger partial charge on any atom is -0.494 e. The third-order valence-electron chi connectivity index (χ3n) is 2.28. The van der Waals surface area contributed by atoms with E-state index in [-0.39, 0.29) is 0 Å². The zero-order chi connectivity index (χ0) is 11.9. The number of urea groups is 1. The second kappa shape index (κ2) is 5.89. The number of hydrogen-bond acceptors (Lipinski definition) is 3. The Balaban J connectivity index is 1.60. The minimum atomic E-state index is -0.500. The SMILES string of the molecule is O=C1N=NC(CCCCOc2ccccc2)=N1. The maximum atomic E-state index is 10.7. The molecule has 0 saturated heterocycles. The lowest BCUT2D eigenvalue weighted by molar-refractivity contribution is 0.257. The molecule has 5 nitrogen and oxygen atoms in total. The van der Waals surface area contributed by atoms with Gasteiger partial charge in [-0.15, -0.1) is 5.11 Å². The number of rotatable bonds is 6. The van der Waals surface area contributed by atoms with Crippen LogP contribution < -0.4 is 4.74 Å². The van der Waals surface area contributed by atoms with Crippen LogP contribution in [0.15, 0.2) is 45.6 Å². The van der Waals surface area contributed by atoms with Crippen LogP contribution in [-0.2, 0) is 0 Å².